The van der Waals surface area contributed by atoms with Crippen LogP contribution in [-0.4, -0.2) is 19.4 Å². The van der Waals surface area contributed by atoms with Gasteiger partial charge in [0.2, 0.25) is 0 Å². The van der Waals surface area contributed by atoms with E-state index in [0.29, 0.717) is 16.8 Å². The van der Waals surface area contributed by atoms with Crippen LogP contribution in [0.2, 0.25) is 5.02 Å². The molecule has 1 saturated carbocycles. The van der Waals surface area contributed by atoms with Crippen molar-refractivity contribution in [3.63, 3.8) is 0 Å². The van der Waals surface area contributed by atoms with Crippen molar-refractivity contribution in [2.75, 3.05) is 10.0 Å². The molecule has 2 aromatic rings. The van der Waals surface area contributed by atoms with Crippen molar-refractivity contribution in [3.8, 4) is 0 Å². The van der Waals surface area contributed by atoms with E-state index < -0.39 is 10.0 Å². The maximum absolute atomic E-state index is 12.2. The van der Waals surface area contributed by atoms with Gasteiger partial charge in [0, 0.05) is 11.1 Å². The van der Waals surface area contributed by atoms with Crippen molar-refractivity contribution in [2.24, 2.45) is 0 Å². The summed E-state index contributed by atoms with van der Waals surface area (Å²) in [5, 5.41) is 3.61. The van der Waals surface area contributed by atoms with Crippen LogP contribution in [0.1, 0.15) is 12.8 Å². The molecule has 110 valence electrons. The van der Waals surface area contributed by atoms with Gasteiger partial charge in [-0.15, -0.1) is 0 Å². The minimum atomic E-state index is -3.65. The second kappa shape index (κ2) is 5.54. The highest BCUT2D eigenvalue weighted by Gasteiger charge is 2.21. The number of pyridine rings is 1. The minimum absolute atomic E-state index is 0.121. The molecule has 1 aliphatic carbocycles. The van der Waals surface area contributed by atoms with Crippen molar-refractivity contribution >= 4 is 33.1 Å². The van der Waals surface area contributed by atoms with E-state index >= 15 is 0 Å². The Kier molecular flexibility index (Phi) is 3.73. The highest BCUT2D eigenvalue weighted by molar-refractivity contribution is 7.92. The first-order valence-electron chi connectivity index (χ1n) is 6.54. The molecule has 5 nitrogen and oxygen atoms in total. The summed E-state index contributed by atoms with van der Waals surface area (Å²) >= 11 is 5.82. The normalized spacial score (nSPS) is 14.7. The van der Waals surface area contributed by atoms with E-state index in [-0.39, 0.29) is 4.90 Å². The molecule has 1 heterocycles. The Hall–Kier alpha value is -1.79. The number of sulfonamides is 1. The number of aromatic nitrogens is 1. The second-order valence-corrected chi connectivity index (χ2v) is 7.03. The highest BCUT2D eigenvalue weighted by atomic mass is 35.5. The average Bonchev–Trinajstić information content (AvgIpc) is 3.25. The zero-order valence-electron chi connectivity index (χ0n) is 11.1. The fraction of sp³-hybridized carbons (Fsp3) is 0.214. The third kappa shape index (κ3) is 3.65. The first-order valence-corrected chi connectivity index (χ1v) is 8.40. The maximum Gasteiger partial charge on any atom is 0.261 e. The van der Waals surface area contributed by atoms with Crippen LogP contribution in [0, 0.1) is 0 Å². The molecule has 7 heteroatoms. The van der Waals surface area contributed by atoms with Crippen LogP contribution >= 0.6 is 11.6 Å². The third-order valence-electron chi connectivity index (χ3n) is 3.05. The average molecular weight is 324 g/mol. The molecular formula is C14H14ClN3O2S. The standard InChI is InChI=1S/C14H14ClN3O2S/c15-10-2-1-3-13(8-10)21(19,20)18-12-6-7-14(16-9-12)17-11-4-5-11/h1-3,6-9,11,18H,4-5H2,(H,16,17). The Morgan fingerprint density at radius 3 is 2.62 bits per heavy atom. The molecule has 0 radical (unpaired) electrons. The quantitative estimate of drug-likeness (QED) is 0.887. The van der Waals surface area contributed by atoms with E-state index in [1.165, 1.54) is 18.3 Å². The van der Waals surface area contributed by atoms with E-state index in [9.17, 15) is 8.42 Å². The van der Waals surface area contributed by atoms with Gasteiger partial charge >= 0.3 is 0 Å². The predicted molar refractivity (Wildman–Crippen MR) is 83.1 cm³/mol. The number of hydrogen-bond donors (Lipinski definition) is 2. The zero-order valence-corrected chi connectivity index (χ0v) is 12.7. The lowest BCUT2D eigenvalue weighted by atomic mass is 10.4. The molecule has 0 atom stereocenters. The Balaban J connectivity index is 1.75. The van der Waals surface area contributed by atoms with Gasteiger partial charge < -0.3 is 5.32 Å². The third-order valence-corrected chi connectivity index (χ3v) is 4.67. The molecule has 0 bridgehead atoms. The van der Waals surface area contributed by atoms with Gasteiger partial charge in [-0.25, -0.2) is 13.4 Å². The van der Waals surface area contributed by atoms with E-state index in [0.717, 1.165) is 18.7 Å². The topological polar surface area (TPSA) is 71.1 Å². The summed E-state index contributed by atoms with van der Waals surface area (Å²) in [5.41, 5.74) is 0.413. The number of nitrogens with zero attached hydrogens (tertiary/aromatic N) is 1. The summed E-state index contributed by atoms with van der Waals surface area (Å²) < 4.78 is 26.9. The molecule has 1 aromatic carbocycles. The summed E-state index contributed by atoms with van der Waals surface area (Å²) in [6, 6.07) is 10.1. The molecule has 3 rings (SSSR count). The van der Waals surface area contributed by atoms with Gasteiger partial charge in [-0.1, -0.05) is 17.7 Å². The van der Waals surface area contributed by atoms with Crippen molar-refractivity contribution in [1.29, 1.82) is 0 Å². The summed E-state index contributed by atoms with van der Waals surface area (Å²) in [7, 11) is -3.65. The molecule has 1 aromatic heterocycles. The van der Waals surface area contributed by atoms with Crippen molar-refractivity contribution in [3.05, 3.63) is 47.6 Å². The fourth-order valence-electron chi connectivity index (χ4n) is 1.82. The summed E-state index contributed by atoms with van der Waals surface area (Å²) in [6.07, 6.45) is 3.81. The molecule has 0 saturated heterocycles. The smallest absolute Gasteiger partial charge is 0.261 e. The summed E-state index contributed by atoms with van der Waals surface area (Å²) in [6.45, 7) is 0. The molecule has 2 N–H and O–H groups in total. The van der Waals surface area contributed by atoms with Crippen molar-refractivity contribution in [1.82, 2.24) is 4.98 Å². The Bertz CT molecular complexity index is 743. The van der Waals surface area contributed by atoms with Crippen LogP contribution < -0.4 is 10.0 Å². The lowest BCUT2D eigenvalue weighted by Gasteiger charge is -2.09. The Morgan fingerprint density at radius 1 is 1.19 bits per heavy atom. The predicted octanol–water partition coefficient (Wildman–Crippen LogP) is 3.11. The molecule has 1 aliphatic rings. The van der Waals surface area contributed by atoms with E-state index in [1.54, 1.807) is 24.3 Å². The number of anilines is 2. The second-order valence-electron chi connectivity index (χ2n) is 4.91. The van der Waals surface area contributed by atoms with Crippen LogP contribution in [-0.2, 0) is 10.0 Å². The van der Waals surface area contributed by atoms with Crippen LogP contribution in [0.4, 0.5) is 11.5 Å². The maximum atomic E-state index is 12.2. The lowest BCUT2D eigenvalue weighted by Crippen LogP contribution is -2.13. The first-order chi connectivity index (χ1) is 10.0. The van der Waals surface area contributed by atoms with Gasteiger partial charge in [0.25, 0.3) is 10.0 Å². The fourth-order valence-corrected chi connectivity index (χ4v) is 3.17. The Morgan fingerprint density at radius 2 is 2.00 bits per heavy atom. The monoisotopic (exact) mass is 323 g/mol. The molecular weight excluding hydrogens is 310 g/mol. The minimum Gasteiger partial charge on any atom is -0.367 e. The highest BCUT2D eigenvalue weighted by Crippen LogP contribution is 2.24. The lowest BCUT2D eigenvalue weighted by molar-refractivity contribution is 0.601. The van der Waals surface area contributed by atoms with E-state index in [1.807, 2.05) is 0 Å². The molecule has 0 amide bonds. The molecule has 1 fully saturated rings. The number of benzene rings is 1. The van der Waals surface area contributed by atoms with Crippen LogP contribution in [0.15, 0.2) is 47.5 Å². The van der Waals surface area contributed by atoms with Gasteiger partial charge in [0.05, 0.1) is 16.8 Å². The van der Waals surface area contributed by atoms with Gasteiger partial charge in [-0.05, 0) is 43.2 Å². The number of halogens is 1. The van der Waals surface area contributed by atoms with Crippen LogP contribution in [0.3, 0.4) is 0 Å². The molecule has 21 heavy (non-hydrogen) atoms. The number of nitrogens with one attached hydrogen (secondary N) is 2. The van der Waals surface area contributed by atoms with Gasteiger partial charge in [0.1, 0.15) is 5.82 Å². The Labute approximate surface area is 128 Å². The molecule has 0 unspecified atom stereocenters. The number of rotatable bonds is 5. The van der Waals surface area contributed by atoms with Gasteiger partial charge in [0.15, 0.2) is 0 Å². The van der Waals surface area contributed by atoms with Crippen molar-refractivity contribution < 1.29 is 8.42 Å². The summed E-state index contributed by atoms with van der Waals surface area (Å²) in [5.74, 6) is 0.753. The first kappa shape index (κ1) is 14.2. The van der Waals surface area contributed by atoms with Crippen molar-refractivity contribution in [2.45, 2.75) is 23.8 Å². The van der Waals surface area contributed by atoms with E-state index in [4.69, 9.17) is 11.6 Å². The SMILES string of the molecule is O=S(=O)(Nc1ccc(NC2CC2)nc1)c1cccc(Cl)c1. The van der Waals surface area contributed by atoms with Gasteiger partial charge in [-0.3, -0.25) is 4.72 Å². The summed E-state index contributed by atoms with van der Waals surface area (Å²) in [4.78, 5) is 4.31. The molecule has 0 spiro atoms. The number of hydrogen-bond acceptors (Lipinski definition) is 4. The van der Waals surface area contributed by atoms with Gasteiger partial charge in [-0.2, -0.15) is 0 Å². The van der Waals surface area contributed by atoms with E-state index in [2.05, 4.69) is 15.0 Å². The molecule has 0 aliphatic heterocycles. The largest absolute Gasteiger partial charge is 0.367 e. The zero-order chi connectivity index (χ0) is 14.9. The van der Waals surface area contributed by atoms with Crippen LogP contribution in [0.25, 0.3) is 0 Å². The van der Waals surface area contributed by atoms with Crippen LogP contribution in [0.5, 0.6) is 0 Å².